The maximum absolute atomic E-state index is 13.1. The van der Waals surface area contributed by atoms with Crippen molar-refractivity contribution in [1.29, 1.82) is 0 Å². The first-order chi connectivity index (χ1) is 12.1. The fraction of sp³-hybridized carbons (Fsp3) is 0.333. The van der Waals surface area contributed by atoms with Gasteiger partial charge in [-0.05, 0) is 30.5 Å². The molecule has 7 nitrogen and oxygen atoms in total. The maximum Gasteiger partial charge on any atom is 0.323 e. The number of carbonyl (C=O) groups excluding carboxylic acids is 1. The lowest BCUT2D eigenvalue weighted by atomic mass is 9.73. The van der Waals surface area contributed by atoms with Gasteiger partial charge in [0.05, 0.1) is 5.41 Å². The third kappa shape index (κ3) is 2.43. The zero-order valence-corrected chi connectivity index (χ0v) is 13.6. The van der Waals surface area contributed by atoms with Crippen LogP contribution >= 0.6 is 0 Å². The molecule has 1 N–H and O–H groups in total. The fourth-order valence-corrected chi connectivity index (χ4v) is 3.92. The highest BCUT2D eigenvalue weighted by atomic mass is 16.4. The van der Waals surface area contributed by atoms with Crippen molar-refractivity contribution in [3.63, 3.8) is 0 Å². The van der Waals surface area contributed by atoms with Gasteiger partial charge in [0.1, 0.15) is 6.54 Å². The largest absolute Gasteiger partial charge is 0.480 e. The monoisotopic (exact) mass is 338 g/mol. The fourth-order valence-electron chi connectivity index (χ4n) is 3.92. The Bertz CT molecular complexity index is 816. The lowest BCUT2D eigenvalue weighted by Crippen LogP contribution is -2.49. The van der Waals surface area contributed by atoms with E-state index in [-0.39, 0.29) is 12.5 Å². The molecule has 2 aromatic rings. The molecule has 1 spiro atoms. The maximum atomic E-state index is 13.1. The number of anilines is 2. The number of carboxylic acids is 1. The van der Waals surface area contributed by atoms with Gasteiger partial charge in [0.15, 0.2) is 0 Å². The Labute approximate surface area is 144 Å². The van der Waals surface area contributed by atoms with Gasteiger partial charge in [-0.25, -0.2) is 9.97 Å². The number of para-hydroxylation sites is 1. The van der Waals surface area contributed by atoms with E-state index in [1.54, 1.807) is 18.5 Å². The molecule has 1 aromatic carbocycles. The van der Waals surface area contributed by atoms with E-state index >= 15 is 0 Å². The second-order valence-electron chi connectivity index (χ2n) is 6.42. The summed E-state index contributed by atoms with van der Waals surface area (Å²) in [7, 11) is 0. The van der Waals surface area contributed by atoms with E-state index in [1.165, 1.54) is 4.90 Å². The van der Waals surface area contributed by atoms with Gasteiger partial charge in [0.25, 0.3) is 0 Å². The number of nitrogens with zero attached hydrogens (tertiary/aromatic N) is 4. The normalized spacial score (nSPS) is 18.5. The van der Waals surface area contributed by atoms with Crippen molar-refractivity contribution in [2.24, 2.45) is 0 Å². The summed E-state index contributed by atoms with van der Waals surface area (Å²) in [6.07, 6.45) is 4.66. The first kappa shape index (κ1) is 15.6. The number of hydrogen-bond donors (Lipinski definition) is 1. The molecule has 1 saturated heterocycles. The quantitative estimate of drug-likeness (QED) is 0.911. The smallest absolute Gasteiger partial charge is 0.323 e. The van der Waals surface area contributed by atoms with Crippen LogP contribution in [0.25, 0.3) is 0 Å². The molecule has 1 aromatic heterocycles. The van der Waals surface area contributed by atoms with Crippen molar-refractivity contribution in [3.05, 3.63) is 48.3 Å². The van der Waals surface area contributed by atoms with Gasteiger partial charge < -0.3 is 14.9 Å². The molecule has 0 bridgehead atoms. The minimum Gasteiger partial charge on any atom is -0.480 e. The summed E-state index contributed by atoms with van der Waals surface area (Å²) in [6.45, 7) is 1.01. The number of piperidine rings is 1. The van der Waals surface area contributed by atoms with Crippen LogP contribution in [0.4, 0.5) is 11.6 Å². The van der Waals surface area contributed by atoms with Gasteiger partial charge in [-0.2, -0.15) is 0 Å². The van der Waals surface area contributed by atoms with Gasteiger partial charge in [-0.15, -0.1) is 0 Å². The molecule has 0 unspecified atom stereocenters. The Morgan fingerprint density at radius 3 is 2.48 bits per heavy atom. The standard InChI is InChI=1S/C18H18N4O3/c23-15(24)12-22-14-5-2-1-4-13(14)18(16(22)25)6-10-21(11-7-18)17-19-8-3-9-20-17/h1-5,8-9H,6-7,10-12H2,(H,23,24). The Balaban J connectivity index is 1.64. The predicted octanol–water partition coefficient (Wildman–Crippen LogP) is 1.45. The number of carbonyl (C=O) groups is 2. The average molecular weight is 338 g/mol. The van der Waals surface area contributed by atoms with Crippen LogP contribution < -0.4 is 9.80 Å². The number of aromatic nitrogens is 2. The Morgan fingerprint density at radius 1 is 1.12 bits per heavy atom. The van der Waals surface area contributed by atoms with Crippen LogP contribution in [-0.4, -0.2) is 46.6 Å². The van der Waals surface area contributed by atoms with Crippen molar-refractivity contribution in [3.8, 4) is 0 Å². The van der Waals surface area contributed by atoms with E-state index in [9.17, 15) is 14.7 Å². The Morgan fingerprint density at radius 2 is 1.80 bits per heavy atom. The molecule has 0 aliphatic carbocycles. The lowest BCUT2D eigenvalue weighted by Gasteiger charge is -2.38. The number of rotatable bonds is 3. The van der Waals surface area contributed by atoms with Gasteiger partial charge in [0, 0.05) is 31.2 Å². The molecule has 1 fully saturated rings. The molecule has 0 saturated carbocycles. The Hall–Kier alpha value is -2.96. The molecule has 128 valence electrons. The van der Waals surface area contributed by atoms with E-state index < -0.39 is 11.4 Å². The van der Waals surface area contributed by atoms with Crippen LogP contribution in [0.3, 0.4) is 0 Å². The summed E-state index contributed by atoms with van der Waals surface area (Å²) in [5.41, 5.74) is 1.02. The molecule has 3 heterocycles. The summed E-state index contributed by atoms with van der Waals surface area (Å²) in [6, 6.07) is 9.30. The number of hydrogen-bond acceptors (Lipinski definition) is 5. The molecule has 7 heteroatoms. The second-order valence-corrected chi connectivity index (χ2v) is 6.42. The van der Waals surface area contributed by atoms with Crippen LogP contribution in [0.5, 0.6) is 0 Å². The van der Waals surface area contributed by atoms with Crippen LogP contribution in [-0.2, 0) is 15.0 Å². The van der Waals surface area contributed by atoms with Crippen molar-refractivity contribution in [2.45, 2.75) is 18.3 Å². The van der Waals surface area contributed by atoms with E-state index in [4.69, 9.17) is 0 Å². The van der Waals surface area contributed by atoms with Crippen LogP contribution in [0.2, 0.25) is 0 Å². The minimum absolute atomic E-state index is 0.107. The molecule has 4 rings (SSSR count). The van der Waals surface area contributed by atoms with Crippen molar-refractivity contribution in [1.82, 2.24) is 9.97 Å². The highest BCUT2D eigenvalue weighted by molar-refractivity contribution is 6.10. The van der Waals surface area contributed by atoms with E-state index in [0.29, 0.717) is 31.9 Å². The second kappa shape index (κ2) is 5.84. The van der Waals surface area contributed by atoms with Crippen LogP contribution in [0.15, 0.2) is 42.7 Å². The first-order valence-electron chi connectivity index (χ1n) is 8.27. The van der Waals surface area contributed by atoms with Gasteiger partial charge in [-0.1, -0.05) is 18.2 Å². The van der Waals surface area contributed by atoms with Gasteiger partial charge in [-0.3, -0.25) is 9.59 Å². The van der Waals surface area contributed by atoms with Crippen LogP contribution in [0.1, 0.15) is 18.4 Å². The first-order valence-corrected chi connectivity index (χ1v) is 8.27. The number of carboxylic acid groups (broad SMARTS) is 1. The highest BCUT2D eigenvalue weighted by Gasteiger charge is 2.52. The van der Waals surface area contributed by atoms with Crippen molar-refractivity contribution >= 4 is 23.5 Å². The number of amides is 1. The molecule has 25 heavy (non-hydrogen) atoms. The van der Waals surface area contributed by atoms with Crippen molar-refractivity contribution < 1.29 is 14.7 Å². The van der Waals surface area contributed by atoms with Gasteiger partial charge in [0.2, 0.25) is 11.9 Å². The molecule has 0 radical (unpaired) electrons. The predicted molar refractivity (Wildman–Crippen MR) is 91.6 cm³/mol. The molecular weight excluding hydrogens is 320 g/mol. The SMILES string of the molecule is O=C(O)CN1C(=O)C2(CCN(c3ncccn3)CC2)c2ccccc21. The molecule has 2 aliphatic rings. The zero-order valence-electron chi connectivity index (χ0n) is 13.6. The van der Waals surface area contributed by atoms with Crippen molar-refractivity contribution in [2.75, 3.05) is 29.4 Å². The molecular formula is C18H18N4O3. The zero-order chi connectivity index (χ0) is 17.4. The summed E-state index contributed by atoms with van der Waals surface area (Å²) >= 11 is 0. The number of fused-ring (bicyclic) bond motifs is 2. The highest BCUT2D eigenvalue weighted by Crippen LogP contribution is 2.47. The van der Waals surface area contributed by atoms with Gasteiger partial charge >= 0.3 is 5.97 Å². The minimum atomic E-state index is -1.00. The third-order valence-corrected chi connectivity index (χ3v) is 5.11. The average Bonchev–Trinajstić information content (AvgIpc) is 2.86. The summed E-state index contributed by atoms with van der Waals surface area (Å²) in [5, 5.41) is 9.18. The molecule has 2 aliphatic heterocycles. The number of aliphatic carboxylic acids is 1. The third-order valence-electron chi connectivity index (χ3n) is 5.11. The lowest BCUT2D eigenvalue weighted by molar-refractivity contribution is -0.137. The summed E-state index contributed by atoms with van der Waals surface area (Å²) in [4.78, 5) is 36.4. The number of benzene rings is 1. The van der Waals surface area contributed by atoms with E-state index in [2.05, 4.69) is 14.9 Å². The summed E-state index contributed by atoms with van der Waals surface area (Å²) < 4.78 is 0. The van der Waals surface area contributed by atoms with Crippen LogP contribution in [0, 0.1) is 0 Å². The summed E-state index contributed by atoms with van der Waals surface area (Å²) in [5.74, 6) is -0.446. The topological polar surface area (TPSA) is 86.6 Å². The molecule has 1 amide bonds. The molecule has 0 atom stereocenters. The van der Waals surface area contributed by atoms with E-state index in [0.717, 1.165) is 11.3 Å². The van der Waals surface area contributed by atoms with E-state index in [1.807, 2.05) is 24.3 Å². The Kier molecular flexibility index (Phi) is 3.63.